The summed E-state index contributed by atoms with van der Waals surface area (Å²) in [4.78, 5) is 4.64. The number of rotatable bonds is 9. The molecule has 0 bridgehead atoms. The van der Waals surface area contributed by atoms with Crippen molar-refractivity contribution >= 4 is 45.6 Å². The Morgan fingerprint density at radius 1 is 1.00 bits per heavy atom. The summed E-state index contributed by atoms with van der Waals surface area (Å²) in [5.74, 6) is 0.658. The zero-order chi connectivity index (χ0) is 22.1. The number of sulfonamides is 1. The van der Waals surface area contributed by atoms with Gasteiger partial charge in [0, 0.05) is 25.5 Å². The van der Waals surface area contributed by atoms with Gasteiger partial charge in [0.05, 0.1) is 25.0 Å². The molecule has 1 aromatic heterocycles. The molecule has 8 nitrogen and oxygen atoms in total. The molecule has 0 atom stereocenters. The Morgan fingerprint density at radius 2 is 1.69 bits per heavy atom. The largest absolute Gasteiger partial charge is 0.357 e. The second kappa shape index (κ2) is 12.4. The molecular weight excluding hydrogens is 539 g/mol. The number of para-hydroxylation sites is 1. The van der Waals surface area contributed by atoms with E-state index in [2.05, 4.69) is 37.6 Å². The summed E-state index contributed by atoms with van der Waals surface area (Å²) in [6.45, 7) is 4.35. The predicted molar refractivity (Wildman–Crippen MR) is 140 cm³/mol. The number of hydrogen-bond acceptors (Lipinski definition) is 4. The van der Waals surface area contributed by atoms with Crippen LogP contribution in [0.15, 0.2) is 72.0 Å². The van der Waals surface area contributed by atoms with Gasteiger partial charge in [-0.2, -0.15) is 5.10 Å². The molecule has 0 spiro atoms. The molecule has 0 amide bonds. The monoisotopic (exact) mass is 568 g/mol. The van der Waals surface area contributed by atoms with Crippen LogP contribution in [0.4, 0.5) is 5.69 Å². The number of hydrogen-bond donors (Lipinski definition) is 3. The molecule has 0 saturated heterocycles. The summed E-state index contributed by atoms with van der Waals surface area (Å²) in [6, 6.07) is 17.4. The van der Waals surface area contributed by atoms with Gasteiger partial charge in [0.25, 0.3) is 0 Å². The van der Waals surface area contributed by atoms with E-state index in [4.69, 9.17) is 0 Å². The van der Waals surface area contributed by atoms with Crippen LogP contribution in [0.1, 0.15) is 23.6 Å². The number of halogens is 1. The first-order valence-electron chi connectivity index (χ1n) is 10.1. The van der Waals surface area contributed by atoms with Crippen LogP contribution in [0.5, 0.6) is 0 Å². The van der Waals surface area contributed by atoms with Gasteiger partial charge in [0.1, 0.15) is 0 Å². The Bertz CT molecular complexity index is 1120. The number of anilines is 1. The van der Waals surface area contributed by atoms with Crippen LogP contribution < -0.4 is 15.4 Å². The maximum atomic E-state index is 11.6. The maximum absolute atomic E-state index is 11.6. The van der Waals surface area contributed by atoms with Crippen LogP contribution in [-0.2, 0) is 29.7 Å². The Labute approximate surface area is 206 Å². The zero-order valence-corrected chi connectivity index (χ0v) is 21.3. The highest BCUT2D eigenvalue weighted by atomic mass is 127. The van der Waals surface area contributed by atoms with Crippen molar-refractivity contribution in [2.75, 3.05) is 17.5 Å². The van der Waals surface area contributed by atoms with E-state index >= 15 is 0 Å². The average molecular weight is 568 g/mol. The van der Waals surface area contributed by atoms with Crippen molar-refractivity contribution in [3.63, 3.8) is 0 Å². The predicted octanol–water partition coefficient (Wildman–Crippen LogP) is 3.18. The second-order valence-corrected chi connectivity index (χ2v) is 8.80. The third kappa shape index (κ3) is 8.15. The fraction of sp³-hybridized carbons (Fsp3) is 0.273. The molecular formula is C22H29IN6O2S. The molecule has 0 unspecified atom stereocenters. The van der Waals surface area contributed by atoms with Crippen molar-refractivity contribution < 1.29 is 8.42 Å². The fourth-order valence-corrected chi connectivity index (χ4v) is 3.69. The lowest BCUT2D eigenvalue weighted by molar-refractivity contribution is 0.606. The number of nitrogens with one attached hydrogen (secondary N) is 3. The highest BCUT2D eigenvalue weighted by Gasteiger charge is 2.08. The smallest absolute Gasteiger partial charge is 0.229 e. The Kier molecular flexibility index (Phi) is 9.97. The van der Waals surface area contributed by atoms with Crippen molar-refractivity contribution in [3.8, 4) is 0 Å². The van der Waals surface area contributed by atoms with E-state index in [0.29, 0.717) is 37.8 Å². The van der Waals surface area contributed by atoms with Crippen LogP contribution in [0.25, 0.3) is 0 Å². The molecule has 3 aromatic rings. The second-order valence-electron chi connectivity index (χ2n) is 7.05. The molecule has 0 aliphatic heterocycles. The summed E-state index contributed by atoms with van der Waals surface area (Å²) in [7, 11) is -3.36. The first-order chi connectivity index (χ1) is 14.9. The van der Waals surface area contributed by atoms with Crippen molar-refractivity contribution in [2.45, 2.75) is 26.6 Å². The highest BCUT2D eigenvalue weighted by molar-refractivity contribution is 14.0. The standard InChI is InChI=1S/C22H28N6O2S.HI/c1-3-23-22(25-16-19-10-6-7-12-21(19)27-31(2,29)30)24-15-18-9-4-5-11-20(18)17-28-14-8-13-26-28;/h4-14,27H,3,15-17H2,1-2H3,(H2,23,24,25);1H. The molecule has 2 aromatic carbocycles. The molecule has 10 heteroatoms. The Balaban J connectivity index is 0.00000363. The van der Waals surface area contributed by atoms with Gasteiger partial charge in [0.2, 0.25) is 10.0 Å². The SMILES string of the molecule is CCNC(=NCc1ccccc1NS(C)(=O)=O)NCc1ccccc1Cn1cccn1.I. The van der Waals surface area contributed by atoms with E-state index in [0.717, 1.165) is 17.4 Å². The fourth-order valence-electron chi connectivity index (χ4n) is 3.10. The van der Waals surface area contributed by atoms with Gasteiger partial charge < -0.3 is 10.6 Å². The van der Waals surface area contributed by atoms with E-state index in [1.807, 2.05) is 48.1 Å². The summed E-state index contributed by atoms with van der Waals surface area (Å²) in [5, 5.41) is 10.9. The molecule has 3 N–H and O–H groups in total. The van der Waals surface area contributed by atoms with Gasteiger partial charge in [0.15, 0.2) is 5.96 Å². The summed E-state index contributed by atoms with van der Waals surface area (Å²) >= 11 is 0. The lowest BCUT2D eigenvalue weighted by atomic mass is 10.1. The van der Waals surface area contributed by atoms with Gasteiger partial charge >= 0.3 is 0 Å². The van der Waals surface area contributed by atoms with Crippen LogP contribution >= 0.6 is 24.0 Å². The molecule has 0 radical (unpaired) electrons. The Morgan fingerprint density at radius 3 is 2.34 bits per heavy atom. The normalized spacial score (nSPS) is 11.5. The molecule has 3 rings (SSSR count). The summed E-state index contributed by atoms with van der Waals surface area (Å²) < 4.78 is 27.7. The van der Waals surface area contributed by atoms with Gasteiger partial charge in [-0.05, 0) is 35.7 Å². The van der Waals surface area contributed by atoms with Gasteiger partial charge in [-0.25, -0.2) is 13.4 Å². The van der Waals surface area contributed by atoms with Crippen LogP contribution in [0.2, 0.25) is 0 Å². The zero-order valence-electron chi connectivity index (χ0n) is 18.2. The summed E-state index contributed by atoms with van der Waals surface area (Å²) in [5.41, 5.74) is 3.67. The van der Waals surface area contributed by atoms with Gasteiger partial charge in [-0.3, -0.25) is 9.40 Å². The molecule has 32 heavy (non-hydrogen) atoms. The number of nitrogens with zero attached hydrogens (tertiary/aromatic N) is 3. The molecule has 172 valence electrons. The van der Waals surface area contributed by atoms with Crippen molar-refractivity contribution in [3.05, 3.63) is 83.7 Å². The molecule has 0 fully saturated rings. The maximum Gasteiger partial charge on any atom is 0.229 e. The van der Waals surface area contributed by atoms with Crippen LogP contribution in [-0.4, -0.2) is 37.0 Å². The number of guanidine groups is 1. The van der Waals surface area contributed by atoms with Gasteiger partial charge in [-0.1, -0.05) is 42.5 Å². The molecule has 0 aliphatic rings. The quantitative estimate of drug-likeness (QED) is 0.209. The van der Waals surface area contributed by atoms with E-state index < -0.39 is 10.0 Å². The number of aromatic nitrogens is 2. The minimum absolute atomic E-state index is 0. The van der Waals surface area contributed by atoms with E-state index in [-0.39, 0.29) is 24.0 Å². The lowest BCUT2D eigenvalue weighted by Crippen LogP contribution is -2.37. The first kappa shape index (κ1) is 25.7. The van der Waals surface area contributed by atoms with E-state index in [1.165, 1.54) is 5.56 Å². The number of benzene rings is 2. The number of aliphatic imine (C=N–C) groups is 1. The Hall–Kier alpha value is -2.60. The molecule has 1 heterocycles. The highest BCUT2D eigenvalue weighted by Crippen LogP contribution is 2.17. The van der Waals surface area contributed by atoms with Gasteiger partial charge in [-0.15, -0.1) is 24.0 Å². The van der Waals surface area contributed by atoms with Crippen LogP contribution in [0, 0.1) is 0 Å². The van der Waals surface area contributed by atoms with E-state index in [9.17, 15) is 8.42 Å². The minimum atomic E-state index is -3.36. The minimum Gasteiger partial charge on any atom is -0.357 e. The lowest BCUT2D eigenvalue weighted by Gasteiger charge is -2.15. The first-order valence-corrected chi connectivity index (χ1v) is 12.0. The molecule has 0 saturated carbocycles. The summed E-state index contributed by atoms with van der Waals surface area (Å²) in [6.07, 6.45) is 4.85. The van der Waals surface area contributed by atoms with Crippen molar-refractivity contribution in [2.24, 2.45) is 4.99 Å². The molecule has 0 aliphatic carbocycles. The third-order valence-corrected chi connectivity index (χ3v) is 5.11. The van der Waals surface area contributed by atoms with Crippen molar-refractivity contribution in [1.29, 1.82) is 0 Å². The average Bonchev–Trinajstić information content (AvgIpc) is 3.24. The van der Waals surface area contributed by atoms with Crippen molar-refractivity contribution in [1.82, 2.24) is 20.4 Å². The topological polar surface area (TPSA) is 100 Å². The van der Waals surface area contributed by atoms with Crippen LogP contribution in [0.3, 0.4) is 0 Å². The third-order valence-electron chi connectivity index (χ3n) is 4.52. The van der Waals surface area contributed by atoms with E-state index in [1.54, 1.807) is 18.3 Å².